The molecule has 2 heteroatoms. The molecule has 0 atom stereocenters. The van der Waals surface area contributed by atoms with Crippen LogP contribution in [0.2, 0.25) is 0 Å². The van der Waals surface area contributed by atoms with Crippen LogP contribution in [0.25, 0.3) is 0 Å². The molecule has 0 aliphatic carbocycles. The Bertz CT molecular complexity index is 220. The predicted molar refractivity (Wildman–Crippen MR) is 38.6 cm³/mol. The molecule has 0 bridgehead atoms. The molecule has 0 amide bonds. The molecule has 47 valence electrons. The van der Waals surface area contributed by atoms with E-state index < -0.39 is 0 Å². The van der Waals surface area contributed by atoms with Gasteiger partial charge in [0.25, 0.3) is 0 Å². The van der Waals surface area contributed by atoms with E-state index in [9.17, 15) is 4.39 Å². The molecular formula is C7H5BrF. The number of hydrogen-bond acceptors (Lipinski definition) is 0. The highest BCUT2D eigenvalue weighted by Crippen LogP contribution is 2.13. The van der Waals surface area contributed by atoms with Gasteiger partial charge in [-0.25, -0.2) is 4.39 Å². The summed E-state index contributed by atoms with van der Waals surface area (Å²) in [5.74, 6) is -0.266. The summed E-state index contributed by atoms with van der Waals surface area (Å²) in [7, 11) is 0. The highest BCUT2D eigenvalue weighted by atomic mass is 79.9. The molecule has 0 saturated heterocycles. The molecule has 1 aromatic carbocycles. The molecule has 0 nitrogen and oxygen atoms in total. The standard InChI is InChI=1S/C7H5BrF/c1-5-4-6(8)2-3-7(5)9/h2-4H,1H2. The summed E-state index contributed by atoms with van der Waals surface area (Å²) in [6, 6.07) is 4.66. The van der Waals surface area contributed by atoms with Gasteiger partial charge >= 0.3 is 0 Å². The Morgan fingerprint density at radius 1 is 1.44 bits per heavy atom. The number of benzene rings is 1. The van der Waals surface area contributed by atoms with Gasteiger partial charge in [0, 0.05) is 4.47 Å². The Balaban J connectivity index is 3.17. The van der Waals surface area contributed by atoms with Gasteiger partial charge in [0.1, 0.15) is 5.82 Å². The molecule has 0 fully saturated rings. The van der Waals surface area contributed by atoms with Crippen LogP contribution in [0.15, 0.2) is 22.7 Å². The average molecular weight is 188 g/mol. The van der Waals surface area contributed by atoms with Gasteiger partial charge in [-0.2, -0.15) is 0 Å². The first kappa shape index (κ1) is 6.75. The minimum absolute atomic E-state index is 0.266. The third-order valence-electron chi connectivity index (χ3n) is 1.01. The minimum atomic E-state index is -0.266. The molecule has 0 saturated carbocycles. The lowest BCUT2D eigenvalue weighted by Crippen LogP contribution is -1.78. The van der Waals surface area contributed by atoms with Gasteiger partial charge in [-0.05, 0) is 30.7 Å². The highest BCUT2D eigenvalue weighted by molar-refractivity contribution is 9.10. The van der Waals surface area contributed by atoms with E-state index in [2.05, 4.69) is 22.9 Å². The van der Waals surface area contributed by atoms with Crippen molar-refractivity contribution in [3.05, 3.63) is 41.0 Å². The van der Waals surface area contributed by atoms with Crippen LogP contribution < -0.4 is 0 Å². The lowest BCUT2D eigenvalue weighted by Gasteiger charge is -1.93. The normalized spacial score (nSPS) is 9.67. The lowest BCUT2D eigenvalue weighted by atomic mass is 10.2. The third-order valence-corrected chi connectivity index (χ3v) is 1.50. The monoisotopic (exact) mass is 187 g/mol. The van der Waals surface area contributed by atoms with Crippen LogP contribution in [0.5, 0.6) is 0 Å². The number of rotatable bonds is 0. The Hall–Kier alpha value is -0.370. The lowest BCUT2D eigenvalue weighted by molar-refractivity contribution is 0.622. The van der Waals surface area contributed by atoms with E-state index in [1.165, 1.54) is 6.07 Å². The molecule has 9 heavy (non-hydrogen) atoms. The highest BCUT2D eigenvalue weighted by Gasteiger charge is 1.94. The summed E-state index contributed by atoms with van der Waals surface area (Å²) in [6.07, 6.45) is 0. The first-order valence-corrected chi connectivity index (χ1v) is 3.26. The van der Waals surface area contributed by atoms with Crippen molar-refractivity contribution in [3.8, 4) is 0 Å². The summed E-state index contributed by atoms with van der Waals surface area (Å²) in [5, 5.41) is 0. The second kappa shape index (κ2) is 2.48. The van der Waals surface area contributed by atoms with Crippen LogP contribution in [-0.2, 0) is 0 Å². The SMILES string of the molecule is [CH2]c1cc(Br)ccc1F. The average Bonchev–Trinajstić information content (AvgIpc) is 1.80. The Kier molecular flexibility index (Phi) is 1.86. The van der Waals surface area contributed by atoms with Crippen molar-refractivity contribution < 1.29 is 4.39 Å². The zero-order chi connectivity index (χ0) is 6.85. The van der Waals surface area contributed by atoms with E-state index in [0.717, 1.165) is 4.47 Å². The molecule has 1 rings (SSSR count). The Morgan fingerprint density at radius 2 is 2.11 bits per heavy atom. The third kappa shape index (κ3) is 1.52. The van der Waals surface area contributed by atoms with E-state index in [4.69, 9.17) is 0 Å². The van der Waals surface area contributed by atoms with Crippen molar-refractivity contribution in [2.24, 2.45) is 0 Å². The van der Waals surface area contributed by atoms with Crippen LogP contribution in [0, 0.1) is 12.7 Å². The van der Waals surface area contributed by atoms with Crippen molar-refractivity contribution in [1.29, 1.82) is 0 Å². The maximum absolute atomic E-state index is 12.4. The van der Waals surface area contributed by atoms with E-state index in [1.807, 2.05) is 0 Å². The summed E-state index contributed by atoms with van der Waals surface area (Å²) in [6.45, 7) is 3.48. The molecule has 0 heterocycles. The van der Waals surface area contributed by atoms with Crippen molar-refractivity contribution >= 4 is 15.9 Å². The molecule has 0 aromatic heterocycles. The molecule has 1 radical (unpaired) electrons. The van der Waals surface area contributed by atoms with Gasteiger partial charge < -0.3 is 0 Å². The van der Waals surface area contributed by atoms with E-state index in [1.54, 1.807) is 12.1 Å². The van der Waals surface area contributed by atoms with Gasteiger partial charge in [0.05, 0.1) is 0 Å². The zero-order valence-electron chi connectivity index (χ0n) is 4.70. The summed E-state index contributed by atoms with van der Waals surface area (Å²) in [5.41, 5.74) is 0.421. The second-order valence-electron chi connectivity index (χ2n) is 1.74. The van der Waals surface area contributed by atoms with Gasteiger partial charge in [-0.3, -0.25) is 0 Å². The van der Waals surface area contributed by atoms with Gasteiger partial charge in [0.2, 0.25) is 0 Å². The van der Waals surface area contributed by atoms with E-state index in [0.29, 0.717) is 5.56 Å². The molecule has 0 N–H and O–H groups in total. The number of hydrogen-bond donors (Lipinski definition) is 0. The quantitative estimate of drug-likeness (QED) is 0.587. The fourth-order valence-corrected chi connectivity index (χ4v) is 0.952. The van der Waals surface area contributed by atoms with Crippen LogP contribution in [0.4, 0.5) is 4.39 Å². The fraction of sp³-hybridized carbons (Fsp3) is 0. The molecular weight excluding hydrogens is 183 g/mol. The minimum Gasteiger partial charge on any atom is -0.207 e. The van der Waals surface area contributed by atoms with Crippen LogP contribution in [0.3, 0.4) is 0 Å². The first-order valence-electron chi connectivity index (χ1n) is 2.47. The molecule has 0 unspecified atom stereocenters. The molecule has 0 spiro atoms. The van der Waals surface area contributed by atoms with Gasteiger partial charge in [0.15, 0.2) is 0 Å². The molecule has 0 aliphatic rings. The second-order valence-corrected chi connectivity index (χ2v) is 2.65. The smallest absolute Gasteiger partial charge is 0.126 e. The van der Waals surface area contributed by atoms with Crippen LogP contribution in [-0.4, -0.2) is 0 Å². The summed E-state index contributed by atoms with van der Waals surface area (Å²) < 4.78 is 13.3. The van der Waals surface area contributed by atoms with E-state index >= 15 is 0 Å². The van der Waals surface area contributed by atoms with E-state index in [-0.39, 0.29) is 5.82 Å². The Morgan fingerprint density at radius 3 is 2.56 bits per heavy atom. The van der Waals surface area contributed by atoms with Crippen molar-refractivity contribution in [2.75, 3.05) is 0 Å². The first-order chi connectivity index (χ1) is 4.20. The van der Waals surface area contributed by atoms with Crippen molar-refractivity contribution in [3.63, 3.8) is 0 Å². The van der Waals surface area contributed by atoms with Crippen molar-refractivity contribution in [2.45, 2.75) is 0 Å². The van der Waals surface area contributed by atoms with Gasteiger partial charge in [-0.1, -0.05) is 15.9 Å². The maximum atomic E-state index is 12.4. The Labute approximate surface area is 61.8 Å². The summed E-state index contributed by atoms with van der Waals surface area (Å²) in [4.78, 5) is 0. The molecule has 1 aromatic rings. The maximum Gasteiger partial charge on any atom is 0.126 e. The molecule has 0 aliphatic heterocycles. The largest absolute Gasteiger partial charge is 0.207 e. The topological polar surface area (TPSA) is 0 Å². The predicted octanol–water partition coefficient (Wildman–Crippen LogP) is 2.77. The van der Waals surface area contributed by atoms with Crippen molar-refractivity contribution in [1.82, 2.24) is 0 Å². The van der Waals surface area contributed by atoms with Crippen LogP contribution in [0.1, 0.15) is 5.56 Å². The summed E-state index contributed by atoms with van der Waals surface area (Å²) >= 11 is 3.19. The number of halogens is 2. The fourth-order valence-electron chi connectivity index (χ4n) is 0.543. The zero-order valence-corrected chi connectivity index (χ0v) is 6.28. The van der Waals surface area contributed by atoms with Gasteiger partial charge in [-0.15, -0.1) is 0 Å². The van der Waals surface area contributed by atoms with Crippen LogP contribution >= 0.6 is 15.9 Å².